The van der Waals surface area contributed by atoms with E-state index >= 15 is 0 Å². The highest BCUT2D eigenvalue weighted by molar-refractivity contribution is 7.09. The average Bonchev–Trinajstić information content (AvgIpc) is 2.63. The number of rotatable bonds is 2. The van der Waals surface area contributed by atoms with Crippen LogP contribution in [0.25, 0.3) is 0 Å². The molecule has 1 aliphatic rings. The molecule has 0 bridgehead atoms. The van der Waals surface area contributed by atoms with Gasteiger partial charge in [-0.15, -0.1) is 11.3 Å². The Morgan fingerprint density at radius 3 is 2.93 bits per heavy atom. The highest BCUT2D eigenvalue weighted by atomic mass is 32.1. The predicted molar refractivity (Wildman–Crippen MR) is 55.4 cm³/mol. The van der Waals surface area contributed by atoms with Crippen molar-refractivity contribution >= 4 is 11.3 Å². The number of aromatic nitrogens is 1. The van der Waals surface area contributed by atoms with E-state index in [4.69, 9.17) is 4.74 Å². The number of ether oxygens (including phenoxy) is 1. The van der Waals surface area contributed by atoms with Crippen LogP contribution in [0.15, 0.2) is 11.7 Å². The highest BCUT2D eigenvalue weighted by Gasteiger charge is 2.49. The van der Waals surface area contributed by atoms with Crippen LogP contribution in [0.3, 0.4) is 0 Å². The molecule has 1 aromatic heterocycles. The van der Waals surface area contributed by atoms with Crippen molar-refractivity contribution in [2.24, 2.45) is 0 Å². The number of hydrogen-bond donors (Lipinski definition) is 1. The fraction of sp³-hybridized carbons (Fsp3) is 0.700. The number of nitrogens with zero attached hydrogens (tertiary/aromatic N) is 1. The molecule has 1 N–H and O–H groups in total. The van der Waals surface area contributed by atoms with Crippen LogP contribution in [-0.4, -0.2) is 27.9 Å². The fourth-order valence-corrected chi connectivity index (χ4v) is 2.53. The molecule has 0 spiro atoms. The minimum Gasteiger partial charge on any atom is -0.386 e. The van der Waals surface area contributed by atoms with Crippen molar-refractivity contribution in [1.82, 2.24) is 4.98 Å². The minimum atomic E-state index is -0.737. The zero-order valence-corrected chi connectivity index (χ0v) is 9.30. The summed E-state index contributed by atoms with van der Waals surface area (Å²) in [6, 6.07) is 0. The molecule has 1 aliphatic heterocycles. The van der Waals surface area contributed by atoms with Gasteiger partial charge in [-0.3, -0.25) is 4.98 Å². The van der Waals surface area contributed by atoms with Gasteiger partial charge in [0.05, 0.1) is 17.7 Å². The Morgan fingerprint density at radius 1 is 1.64 bits per heavy atom. The Morgan fingerprint density at radius 2 is 2.43 bits per heavy atom. The van der Waals surface area contributed by atoms with Gasteiger partial charge in [0, 0.05) is 23.9 Å². The van der Waals surface area contributed by atoms with Crippen molar-refractivity contribution in [2.75, 3.05) is 6.61 Å². The summed E-state index contributed by atoms with van der Waals surface area (Å²) >= 11 is 1.58. The molecule has 0 aromatic carbocycles. The van der Waals surface area contributed by atoms with Crippen LogP contribution in [0.4, 0.5) is 0 Å². The van der Waals surface area contributed by atoms with E-state index in [9.17, 15) is 5.11 Å². The molecule has 14 heavy (non-hydrogen) atoms. The largest absolute Gasteiger partial charge is 0.386 e. The molecule has 2 heterocycles. The van der Waals surface area contributed by atoms with Gasteiger partial charge in [-0.2, -0.15) is 0 Å². The topological polar surface area (TPSA) is 42.4 Å². The third kappa shape index (κ3) is 1.58. The molecule has 1 atom stereocenters. The highest BCUT2D eigenvalue weighted by Crippen LogP contribution is 2.38. The Kier molecular flexibility index (Phi) is 2.37. The summed E-state index contributed by atoms with van der Waals surface area (Å²) in [5.41, 5.74) is 0.609. The van der Waals surface area contributed by atoms with Gasteiger partial charge in [0.15, 0.2) is 0 Å². The zero-order chi connectivity index (χ0) is 10.2. The SMILES string of the molecule is CC1(C)OCCC1(O)Cc1cncs1. The van der Waals surface area contributed by atoms with Crippen LogP contribution in [0.2, 0.25) is 0 Å². The van der Waals surface area contributed by atoms with Gasteiger partial charge in [-0.05, 0) is 13.8 Å². The summed E-state index contributed by atoms with van der Waals surface area (Å²) in [5.74, 6) is 0. The van der Waals surface area contributed by atoms with E-state index in [0.717, 1.165) is 4.88 Å². The minimum absolute atomic E-state index is 0.447. The monoisotopic (exact) mass is 213 g/mol. The second-order valence-electron chi connectivity index (χ2n) is 4.28. The first kappa shape index (κ1) is 10.1. The van der Waals surface area contributed by atoms with Crippen LogP contribution in [-0.2, 0) is 11.2 Å². The van der Waals surface area contributed by atoms with Crippen LogP contribution in [0.1, 0.15) is 25.1 Å². The van der Waals surface area contributed by atoms with Crippen LogP contribution in [0.5, 0.6) is 0 Å². The van der Waals surface area contributed by atoms with E-state index in [1.54, 1.807) is 16.8 Å². The van der Waals surface area contributed by atoms with Crippen molar-refractivity contribution in [2.45, 2.75) is 37.9 Å². The van der Waals surface area contributed by atoms with Gasteiger partial charge in [0.25, 0.3) is 0 Å². The smallest absolute Gasteiger partial charge is 0.100 e. The number of aliphatic hydroxyl groups is 1. The summed E-state index contributed by atoms with van der Waals surface area (Å²) in [5, 5.41) is 10.4. The summed E-state index contributed by atoms with van der Waals surface area (Å²) in [4.78, 5) is 5.13. The first-order valence-electron chi connectivity index (χ1n) is 4.77. The molecule has 0 radical (unpaired) electrons. The summed E-state index contributed by atoms with van der Waals surface area (Å²) in [6.45, 7) is 4.53. The normalized spacial score (nSPS) is 30.8. The molecule has 1 aromatic rings. The molecule has 4 heteroatoms. The number of thiazole rings is 1. The summed E-state index contributed by atoms with van der Waals surface area (Å²) in [6.07, 6.45) is 3.17. The second kappa shape index (κ2) is 3.29. The van der Waals surface area contributed by atoms with Gasteiger partial charge in [-0.25, -0.2) is 0 Å². The molecular weight excluding hydrogens is 198 g/mol. The van der Waals surface area contributed by atoms with Gasteiger partial charge >= 0.3 is 0 Å². The van der Waals surface area contributed by atoms with Crippen LogP contribution in [0, 0.1) is 0 Å². The van der Waals surface area contributed by atoms with E-state index in [1.807, 2.05) is 20.0 Å². The molecule has 0 amide bonds. The molecule has 1 fully saturated rings. The van der Waals surface area contributed by atoms with E-state index in [-0.39, 0.29) is 0 Å². The summed E-state index contributed by atoms with van der Waals surface area (Å²) < 4.78 is 5.54. The quantitative estimate of drug-likeness (QED) is 0.811. The molecule has 0 aliphatic carbocycles. The first-order valence-corrected chi connectivity index (χ1v) is 5.65. The van der Waals surface area contributed by atoms with E-state index in [2.05, 4.69) is 4.98 Å². The van der Waals surface area contributed by atoms with Crippen LogP contribution >= 0.6 is 11.3 Å². The Hall–Kier alpha value is -0.450. The molecule has 1 unspecified atom stereocenters. The van der Waals surface area contributed by atoms with Crippen molar-refractivity contribution < 1.29 is 9.84 Å². The Balaban J connectivity index is 2.17. The molecule has 2 rings (SSSR count). The maximum Gasteiger partial charge on any atom is 0.100 e. The third-order valence-electron chi connectivity index (χ3n) is 3.05. The third-order valence-corrected chi connectivity index (χ3v) is 3.83. The lowest BCUT2D eigenvalue weighted by Gasteiger charge is -2.34. The lowest BCUT2D eigenvalue weighted by atomic mass is 9.82. The average molecular weight is 213 g/mol. The molecular formula is C10H15NO2S. The van der Waals surface area contributed by atoms with Crippen molar-refractivity contribution in [3.8, 4) is 0 Å². The molecule has 1 saturated heterocycles. The van der Waals surface area contributed by atoms with Gasteiger partial charge < -0.3 is 9.84 Å². The Bertz CT molecular complexity index is 310. The molecule has 78 valence electrons. The van der Waals surface area contributed by atoms with Crippen molar-refractivity contribution in [1.29, 1.82) is 0 Å². The summed E-state index contributed by atoms with van der Waals surface area (Å²) in [7, 11) is 0. The fourth-order valence-electron chi connectivity index (χ4n) is 1.83. The molecule has 3 nitrogen and oxygen atoms in total. The van der Waals surface area contributed by atoms with Crippen molar-refractivity contribution in [3.63, 3.8) is 0 Å². The maximum absolute atomic E-state index is 10.4. The number of hydrogen-bond acceptors (Lipinski definition) is 4. The second-order valence-corrected chi connectivity index (χ2v) is 5.26. The van der Waals surface area contributed by atoms with E-state index in [1.165, 1.54) is 0 Å². The zero-order valence-electron chi connectivity index (χ0n) is 8.49. The first-order chi connectivity index (χ1) is 6.54. The van der Waals surface area contributed by atoms with Gasteiger partial charge in [-0.1, -0.05) is 0 Å². The van der Waals surface area contributed by atoms with Crippen LogP contribution < -0.4 is 0 Å². The van der Waals surface area contributed by atoms with E-state index in [0.29, 0.717) is 19.4 Å². The predicted octanol–water partition coefficient (Wildman–Crippen LogP) is 1.62. The van der Waals surface area contributed by atoms with Crippen molar-refractivity contribution in [3.05, 3.63) is 16.6 Å². The Labute approximate surface area is 87.7 Å². The maximum atomic E-state index is 10.4. The van der Waals surface area contributed by atoms with E-state index < -0.39 is 11.2 Å². The van der Waals surface area contributed by atoms with Gasteiger partial charge in [0.2, 0.25) is 0 Å². The standard InChI is InChI=1S/C10H15NO2S/c1-9(2)10(12,3-4-13-9)5-8-6-11-7-14-8/h6-7,12H,3-5H2,1-2H3. The lowest BCUT2D eigenvalue weighted by molar-refractivity contribution is -0.0962. The van der Waals surface area contributed by atoms with Gasteiger partial charge in [0.1, 0.15) is 5.60 Å². The molecule has 0 saturated carbocycles. The lowest BCUT2D eigenvalue weighted by Crippen LogP contribution is -2.47.